The van der Waals surface area contributed by atoms with E-state index in [1.165, 1.54) is 10.4 Å². The summed E-state index contributed by atoms with van der Waals surface area (Å²) in [5, 5.41) is 13.0. The van der Waals surface area contributed by atoms with Gasteiger partial charge in [0.1, 0.15) is 0 Å². The highest BCUT2D eigenvalue weighted by molar-refractivity contribution is 6.99. The molecule has 0 aromatic heterocycles. The van der Waals surface area contributed by atoms with Crippen molar-refractivity contribution >= 4 is 18.7 Å². The molecule has 3 heteroatoms. The van der Waals surface area contributed by atoms with Gasteiger partial charge in [-0.1, -0.05) is 94.4 Å². The van der Waals surface area contributed by atoms with E-state index in [2.05, 4.69) is 94.9 Å². The molecule has 0 amide bonds. The van der Waals surface area contributed by atoms with Gasteiger partial charge in [-0.05, 0) is 34.7 Å². The Morgan fingerprint density at radius 1 is 0.963 bits per heavy atom. The lowest BCUT2D eigenvalue weighted by Gasteiger charge is -2.45. The molecule has 2 nitrogen and oxygen atoms in total. The Labute approximate surface area is 166 Å². The second kappa shape index (κ2) is 9.00. The molecule has 3 atom stereocenters. The molecule has 2 aromatic rings. The molecule has 146 valence electrons. The zero-order chi connectivity index (χ0) is 20.1. The highest BCUT2D eigenvalue weighted by atomic mass is 28.4. The van der Waals surface area contributed by atoms with E-state index in [1.54, 1.807) is 6.08 Å². The standard InChI is InChI=1S/C24H34O2Si/c1-7-19(2)23(25)18-20(3)26-27(24(4,5)6,21-14-10-8-11-15-21)22-16-12-9-13-17-22/h7-17,19-20,23,25H,1,18H2,2-6H3/t19-,20-,23+/m1/s1. The molecule has 0 unspecified atom stereocenters. The number of aliphatic hydroxyl groups is 1. The van der Waals surface area contributed by atoms with Crippen LogP contribution in [0.3, 0.4) is 0 Å². The van der Waals surface area contributed by atoms with Crippen LogP contribution in [-0.4, -0.2) is 25.6 Å². The number of benzene rings is 2. The predicted octanol–water partition coefficient (Wildman–Crippen LogP) is 4.52. The van der Waals surface area contributed by atoms with Crippen LogP contribution in [-0.2, 0) is 4.43 Å². The molecule has 0 aliphatic rings. The summed E-state index contributed by atoms with van der Waals surface area (Å²) in [7, 11) is -2.56. The molecule has 27 heavy (non-hydrogen) atoms. The Morgan fingerprint density at radius 3 is 1.78 bits per heavy atom. The Morgan fingerprint density at radius 2 is 1.41 bits per heavy atom. The monoisotopic (exact) mass is 382 g/mol. The van der Waals surface area contributed by atoms with E-state index >= 15 is 0 Å². The van der Waals surface area contributed by atoms with Crippen LogP contribution >= 0.6 is 0 Å². The molecule has 0 heterocycles. The zero-order valence-electron chi connectivity index (χ0n) is 17.4. The van der Waals surface area contributed by atoms with Crippen molar-refractivity contribution in [2.45, 2.75) is 58.3 Å². The van der Waals surface area contributed by atoms with Gasteiger partial charge in [-0.3, -0.25) is 0 Å². The number of rotatable bonds is 8. The van der Waals surface area contributed by atoms with Crippen molar-refractivity contribution in [2.24, 2.45) is 5.92 Å². The molecule has 0 aliphatic heterocycles. The molecule has 0 aliphatic carbocycles. The fraction of sp³-hybridized carbons (Fsp3) is 0.417. The molecular formula is C24H34O2Si. The Balaban J connectivity index is 2.51. The van der Waals surface area contributed by atoms with E-state index in [4.69, 9.17) is 4.43 Å². The summed E-state index contributed by atoms with van der Waals surface area (Å²) in [5.74, 6) is 0.0511. The molecule has 0 radical (unpaired) electrons. The normalized spacial score (nSPS) is 15.8. The number of hydrogen-bond donors (Lipinski definition) is 1. The van der Waals surface area contributed by atoms with Crippen molar-refractivity contribution < 1.29 is 9.53 Å². The minimum atomic E-state index is -2.56. The van der Waals surface area contributed by atoms with Crippen LogP contribution in [0.1, 0.15) is 41.0 Å². The predicted molar refractivity (Wildman–Crippen MR) is 118 cm³/mol. The molecule has 0 bridgehead atoms. The molecule has 2 rings (SSSR count). The molecule has 0 fully saturated rings. The fourth-order valence-electron chi connectivity index (χ4n) is 3.75. The number of aliphatic hydroxyl groups excluding tert-OH is 1. The van der Waals surface area contributed by atoms with Crippen LogP contribution in [0.15, 0.2) is 73.3 Å². The molecule has 1 N–H and O–H groups in total. The maximum absolute atomic E-state index is 10.5. The summed E-state index contributed by atoms with van der Waals surface area (Å²) in [6.07, 6.45) is 1.89. The van der Waals surface area contributed by atoms with Crippen molar-refractivity contribution in [2.75, 3.05) is 0 Å². The first-order valence-corrected chi connectivity index (χ1v) is 11.7. The maximum Gasteiger partial charge on any atom is 0.261 e. The van der Waals surface area contributed by atoms with Gasteiger partial charge in [0, 0.05) is 6.10 Å². The van der Waals surface area contributed by atoms with E-state index in [1.807, 2.05) is 6.92 Å². The second-order valence-electron chi connectivity index (χ2n) is 8.49. The summed E-state index contributed by atoms with van der Waals surface area (Å²) in [6, 6.07) is 21.2. The topological polar surface area (TPSA) is 29.5 Å². The van der Waals surface area contributed by atoms with Gasteiger partial charge in [0.05, 0.1) is 6.10 Å². The van der Waals surface area contributed by atoms with Gasteiger partial charge in [-0.2, -0.15) is 0 Å². The minimum Gasteiger partial charge on any atom is -0.405 e. The van der Waals surface area contributed by atoms with Crippen LogP contribution in [0.25, 0.3) is 0 Å². The lowest BCUT2D eigenvalue weighted by molar-refractivity contribution is 0.0750. The minimum absolute atomic E-state index is 0.0511. The van der Waals surface area contributed by atoms with Gasteiger partial charge in [0.15, 0.2) is 0 Å². The zero-order valence-corrected chi connectivity index (χ0v) is 18.4. The van der Waals surface area contributed by atoms with Crippen LogP contribution in [0.4, 0.5) is 0 Å². The molecular weight excluding hydrogens is 348 g/mol. The fourth-order valence-corrected chi connectivity index (χ4v) is 8.47. The van der Waals surface area contributed by atoms with Crippen molar-refractivity contribution in [1.29, 1.82) is 0 Å². The van der Waals surface area contributed by atoms with Gasteiger partial charge >= 0.3 is 0 Å². The van der Waals surface area contributed by atoms with Crippen LogP contribution in [0.2, 0.25) is 5.04 Å². The smallest absolute Gasteiger partial charge is 0.261 e. The van der Waals surface area contributed by atoms with E-state index in [0.29, 0.717) is 6.42 Å². The van der Waals surface area contributed by atoms with Crippen LogP contribution in [0, 0.1) is 5.92 Å². The van der Waals surface area contributed by atoms with Gasteiger partial charge < -0.3 is 9.53 Å². The first-order chi connectivity index (χ1) is 12.7. The molecule has 0 spiro atoms. The highest BCUT2D eigenvalue weighted by Gasteiger charge is 2.51. The molecule has 0 saturated heterocycles. The maximum atomic E-state index is 10.5. The third-order valence-electron chi connectivity index (χ3n) is 5.35. The SMILES string of the molecule is C=C[C@@H](C)[C@@H](O)C[C@@H](C)O[Si](c1ccccc1)(c1ccccc1)C(C)(C)C. The lowest BCUT2D eigenvalue weighted by atomic mass is 10.0. The highest BCUT2D eigenvalue weighted by Crippen LogP contribution is 2.38. The van der Waals surface area contributed by atoms with Gasteiger partial charge in [-0.25, -0.2) is 0 Å². The third kappa shape index (κ3) is 4.78. The first kappa shape index (κ1) is 21.6. The quantitative estimate of drug-likeness (QED) is 0.537. The van der Waals surface area contributed by atoms with Crippen LogP contribution in [0.5, 0.6) is 0 Å². The summed E-state index contributed by atoms with van der Waals surface area (Å²) < 4.78 is 6.98. The van der Waals surface area contributed by atoms with E-state index in [-0.39, 0.29) is 17.1 Å². The van der Waals surface area contributed by atoms with Gasteiger partial charge in [0.2, 0.25) is 0 Å². The third-order valence-corrected chi connectivity index (χ3v) is 10.5. The Bertz CT molecular complexity index is 667. The number of hydrogen-bond acceptors (Lipinski definition) is 2. The van der Waals surface area contributed by atoms with E-state index < -0.39 is 14.4 Å². The van der Waals surface area contributed by atoms with Gasteiger partial charge in [-0.15, -0.1) is 6.58 Å². The average molecular weight is 383 g/mol. The summed E-state index contributed by atoms with van der Waals surface area (Å²) in [6.45, 7) is 14.7. The molecule has 0 saturated carbocycles. The first-order valence-electron chi connectivity index (χ1n) is 9.82. The summed E-state index contributed by atoms with van der Waals surface area (Å²) in [5.41, 5.74) is 0. The van der Waals surface area contributed by atoms with Crippen LogP contribution < -0.4 is 10.4 Å². The van der Waals surface area contributed by atoms with Crippen molar-refractivity contribution in [3.63, 3.8) is 0 Å². The Kier molecular flexibility index (Phi) is 7.21. The lowest BCUT2D eigenvalue weighted by Crippen LogP contribution is -2.67. The van der Waals surface area contributed by atoms with Crippen molar-refractivity contribution in [3.05, 3.63) is 73.3 Å². The van der Waals surface area contributed by atoms with Crippen molar-refractivity contribution in [1.82, 2.24) is 0 Å². The molecule has 2 aromatic carbocycles. The van der Waals surface area contributed by atoms with E-state index in [9.17, 15) is 5.11 Å². The average Bonchev–Trinajstić information content (AvgIpc) is 2.65. The van der Waals surface area contributed by atoms with E-state index in [0.717, 1.165) is 0 Å². The summed E-state index contributed by atoms with van der Waals surface area (Å²) in [4.78, 5) is 0. The second-order valence-corrected chi connectivity index (χ2v) is 12.7. The largest absolute Gasteiger partial charge is 0.405 e. The van der Waals surface area contributed by atoms with Gasteiger partial charge in [0.25, 0.3) is 8.32 Å². The van der Waals surface area contributed by atoms with Crippen molar-refractivity contribution in [3.8, 4) is 0 Å². The Hall–Kier alpha value is -1.68. The summed E-state index contributed by atoms with van der Waals surface area (Å²) >= 11 is 0.